The number of aryl methyl sites for hydroxylation is 1. The maximum absolute atomic E-state index is 13.3. The Morgan fingerprint density at radius 2 is 2.29 bits per heavy atom. The van der Waals surface area contributed by atoms with Gasteiger partial charge in [-0.3, -0.25) is 4.79 Å². The van der Waals surface area contributed by atoms with Gasteiger partial charge in [0.1, 0.15) is 11.9 Å². The first-order valence-corrected chi connectivity index (χ1v) is 7.52. The zero-order valence-corrected chi connectivity index (χ0v) is 12.3. The van der Waals surface area contributed by atoms with E-state index in [1.807, 2.05) is 4.90 Å². The van der Waals surface area contributed by atoms with Gasteiger partial charge in [-0.2, -0.15) is 0 Å². The highest BCUT2D eigenvalue weighted by Crippen LogP contribution is 2.24. The first-order valence-electron chi connectivity index (χ1n) is 7.52. The largest absolute Gasteiger partial charge is 0.370 e. The summed E-state index contributed by atoms with van der Waals surface area (Å²) in [6.07, 6.45) is 2.18. The minimum atomic E-state index is -0.212. The van der Waals surface area contributed by atoms with Crippen molar-refractivity contribution in [2.24, 2.45) is 0 Å². The molecule has 0 unspecified atom stereocenters. The van der Waals surface area contributed by atoms with Crippen LogP contribution in [0.5, 0.6) is 0 Å². The van der Waals surface area contributed by atoms with Crippen molar-refractivity contribution in [1.29, 1.82) is 0 Å². The SMILES string of the molecule is Cc1cc([C@H]2CN(C(=O)CNC3CC3)CCO2)ccc1F. The monoisotopic (exact) mass is 292 g/mol. The molecule has 1 aromatic rings. The Labute approximate surface area is 124 Å². The molecule has 1 aliphatic heterocycles. The normalized spacial score (nSPS) is 22.4. The summed E-state index contributed by atoms with van der Waals surface area (Å²) in [4.78, 5) is 14.0. The quantitative estimate of drug-likeness (QED) is 0.920. The zero-order valence-electron chi connectivity index (χ0n) is 12.3. The third kappa shape index (κ3) is 3.60. The van der Waals surface area contributed by atoms with Gasteiger partial charge in [-0.25, -0.2) is 4.39 Å². The lowest BCUT2D eigenvalue weighted by atomic mass is 10.0. The molecule has 2 fully saturated rings. The van der Waals surface area contributed by atoms with Crippen molar-refractivity contribution in [3.05, 3.63) is 35.1 Å². The van der Waals surface area contributed by atoms with Crippen LogP contribution in [0.1, 0.15) is 30.1 Å². The molecule has 4 nitrogen and oxygen atoms in total. The van der Waals surface area contributed by atoms with Gasteiger partial charge in [0.05, 0.1) is 19.7 Å². The molecule has 21 heavy (non-hydrogen) atoms. The molecule has 1 amide bonds. The zero-order chi connectivity index (χ0) is 14.8. The third-order valence-electron chi connectivity index (χ3n) is 4.09. The molecule has 1 heterocycles. The molecular formula is C16H21FN2O2. The number of morpholine rings is 1. The van der Waals surface area contributed by atoms with Crippen LogP contribution in [0, 0.1) is 12.7 Å². The molecule has 0 bridgehead atoms. The lowest BCUT2D eigenvalue weighted by molar-refractivity contribution is -0.138. The number of nitrogens with one attached hydrogen (secondary N) is 1. The van der Waals surface area contributed by atoms with Crippen LogP contribution in [0.2, 0.25) is 0 Å². The van der Waals surface area contributed by atoms with E-state index in [9.17, 15) is 9.18 Å². The number of carbonyl (C=O) groups is 1. The van der Waals surface area contributed by atoms with Crippen LogP contribution < -0.4 is 5.32 Å². The smallest absolute Gasteiger partial charge is 0.236 e. The Morgan fingerprint density at radius 3 is 3.00 bits per heavy atom. The predicted octanol–water partition coefficient (Wildman–Crippen LogP) is 1.79. The summed E-state index contributed by atoms with van der Waals surface area (Å²) >= 11 is 0. The molecule has 2 aliphatic rings. The number of carbonyl (C=O) groups excluding carboxylic acids is 1. The number of halogens is 1. The van der Waals surface area contributed by atoms with Crippen LogP contribution >= 0.6 is 0 Å². The van der Waals surface area contributed by atoms with Crippen LogP contribution in [0.4, 0.5) is 4.39 Å². The fraction of sp³-hybridized carbons (Fsp3) is 0.562. The second-order valence-corrected chi connectivity index (χ2v) is 5.86. The van der Waals surface area contributed by atoms with Gasteiger partial charge >= 0.3 is 0 Å². The molecule has 3 rings (SSSR count). The molecule has 0 radical (unpaired) electrons. The van der Waals surface area contributed by atoms with Crippen LogP contribution in [0.15, 0.2) is 18.2 Å². The van der Waals surface area contributed by atoms with Gasteiger partial charge in [0, 0.05) is 12.6 Å². The van der Waals surface area contributed by atoms with Crippen LogP contribution in [-0.2, 0) is 9.53 Å². The number of hydrogen-bond acceptors (Lipinski definition) is 3. The number of benzene rings is 1. The molecule has 0 aromatic heterocycles. The summed E-state index contributed by atoms with van der Waals surface area (Å²) in [5.74, 6) is -0.0924. The second kappa shape index (κ2) is 6.12. The van der Waals surface area contributed by atoms with E-state index in [0.29, 0.717) is 37.8 Å². The van der Waals surface area contributed by atoms with Crippen LogP contribution in [0.25, 0.3) is 0 Å². The Morgan fingerprint density at radius 1 is 1.48 bits per heavy atom. The fourth-order valence-electron chi connectivity index (χ4n) is 2.58. The average molecular weight is 292 g/mol. The number of amides is 1. The predicted molar refractivity (Wildman–Crippen MR) is 77.4 cm³/mol. The van der Waals surface area contributed by atoms with Crippen molar-refractivity contribution < 1.29 is 13.9 Å². The highest BCUT2D eigenvalue weighted by atomic mass is 19.1. The first-order chi connectivity index (χ1) is 10.1. The minimum Gasteiger partial charge on any atom is -0.370 e. The maximum atomic E-state index is 13.3. The van der Waals surface area contributed by atoms with E-state index in [1.54, 1.807) is 19.1 Å². The summed E-state index contributed by atoms with van der Waals surface area (Å²) in [6, 6.07) is 5.54. The number of rotatable bonds is 4. The molecule has 114 valence electrons. The van der Waals surface area contributed by atoms with Crippen molar-refractivity contribution in [1.82, 2.24) is 10.2 Å². The van der Waals surface area contributed by atoms with Crippen molar-refractivity contribution in [2.75, 3.05) is 26.2 Å². The third-order valence-corrected chi connectivity index (χ3v) is 4.09. The van der Waals surface area contributed by atoms with E-state index < -0.39 is 0 Å². The topological polar surface area (TPSA) is 41.6 Å². The lowest BCUT2D eigenvalue weighted by Gasteiger charge is -2.33. The van der Waals surface area contributed by atoms with E-state index in [1.165, 1.54) is 18.9 Å². The molecule has 1 N–H and O–H groups in total. The van der Waals surface area contributed by atoms with Gasteiger partial charge in [-0.15, -0.1) is 0 Å². The van der Waals surface area contributed by atoms with Crippen LogP contribution in [0.3, 0.4) is 0 Å². The average Bonchev–Trinajstić information content (AvgIpc) is 3.32. The molecule has 5 heteroatoms. The van der Waals surface area contributed by atoms with E-state index in [2.05, 4.69) is 5.32 Å². The van der Waals surface area contributed by atoms with Crippen molar-refractivity contribution in [3.63, 3.8) is 0 Å². The maximum Gasteiger partial charge on any atom is 0.236 e. The Hall–Kier alpha value is -1.46. The van der Waals surface area contributed by atoms with Crippen molar-refractivity contribution in [3.8, 4) is 0 Å². The lowest BCUT2D eigenvalue weighted by Crippen LogP contribution is -2.46. The Kier molecular flexibility index (Phi) is 4.22. The molecule has 1 atom stereocenters. The van der Waals surface area contributed by atoms with Gasteiger partial charge in [0.2, 0.25) is 5.91 Å². The van der Waals surface area contributed by atoms with E-state index in [4.69, 9.17) is 4.74 Å². The molecule has 1 aromatic carbocycles. The Balaban J connectivity index is 1.61. The standard InChI is InChI=1S/C16H21FN2O2/c1-11-8-12(2-5-14(11)17)15-10-19(6-7-21-15)16(20)9-18-13-3-4-13/h2,5,8,13,15,18H,3-4,6-7,9-10H2,1H3/t15-/m1/s1. The van der Waals surface area contributed by atoms with Gasteiger partial charge in [0.25, 0.3) is 0 Å². The summed E-state index contributed by atoms with van der Waals surface area (Å²) in [7, 11) is 0. The molecular weight excluding hydrogens is 271 g/mol. The minimum absolute atomic E-state index is 0.119. The summed E-state index contributed by atoms with van der Waals surface area (Å²) in [6.45, 7) is 3.83. The highest BCUT2D eigenvalue weighted by Gasteiger charge is 2.27. The molecule has 1 aliphatic carbocycles. The summed E-state index contributed by atoms with van der Waals surface area (Å²) in [5, 5.41) is 3.24. The van der Waals surface area contributed by atoms with Crippen molar-refractivity contribution >= 4 is 5.91 Å². The first kappa shape index (κ1) is 14.5. The summed E-state index contributed by atoms with van der Waals surface area (Å²) in [5.41, 5.74) is 1.54. The van der Waals surface area contributed by atoms with E-state index in [-0.39, 0.29) is 17.8 Å². The fourth-order valence-corrected chi connectivity index (χ4v) is 2.58. The van der Waals surface area contributed by atoms with Gasteiger partial charge in [-0.05, 0) is 37.0 Å². The Bertz CT molecular complexity index is 531. The molecule has 0 spiro atoms. The highest BCUT2D eigenvalue weighted by molar-refractivity contribution is 5.78. The second-order valence-electron chi connectivity index (χ2n) is 5.86. The van der Waals surface area contributed by atoms with Gasteiger partial charge < -0.3 is 15.0 Å². The molecule has 1 saturated carbocycles. The van der Waals surface area contributed by atoms with Gasteiger partial charge in [0.15, 0.2) is 0 Å². The number of ether oxygens (including phenoxy) is 1. The van der Waals surface area contributed by atoms with E-state index in [0.717, 1.165) is 5.56 Å². The van der Waals surface area contributed by atoms with Crippen molar-refractivity contribution in [2.45, 2.75) is 31.9 Å². The summed E-state index contributed by atoms with van der Waals surface area (Å²) < 4.78 is 19.1. The number of nitrogens with zero attached hydrogens (tertiary/aromatic N) is 1. The molecule has 1 saturated heterocycles. The van der Waals surface area contributed by atoms with Crippen LogP contribution in [-0.4, -0.2) is 43.1 Å². The number of hydrogen-bond donors (Lipinski definition) is 1. The van der Waals surface area contributed by atoms with E-state index >= 15 is 0 Å². The van der Waals surface area contributed by atoms with Gasteiger partial charge in [-0.1, -0.05) is 12.1 Å².